The lowest BCUT2D eigenvalue weighted by atomic mass is 10.2. The smallest absolute Gasteiger partial charge is 0.176 e. The summed E-state index contributed by atoms with van der Waals surface area (Å²) < 4.78 is 0. The van der Waals surface area contributed by atoms with E-state index in [9.17, 15) is 0 Å². The SMILES string of the molecule is CCCCN1CC(Cl)=Nc2ncccc21. The van der Waals surface area contributed by atoms with E-state index in [1.54, 1.807) is 6.20 Å². The summed E-state index contributed by atoms with van der Waals surface area (Å²) in [5.41, 5.74) is 1.09. The molecule has 0 fully saturated rings. The Morgan fingerprint density at radius 1 is 1.53 bits per heavy atom. The molecule has 0 bridgehead atoms. The Morgan fingerprint density at radius 2 is 2.40 bits per heavy atom. The highest BCUT2D eigenvalue weighted by Gasteiger charge is 2.17. The van der Waals surface area contributed by atoms with Crippen LogP contribution >= 0.6 is 11.6 Å². The second kappa shape index (κ2) is 4.62. The third kappa shape index (κ3) is 2.29. The normalized spacial score (nSPS) is 14.8. The predicted octanol–water partition coefficient (Wildman–Crippen LogP) is 2.97. The van der Waals surface area contributed by atoms with Gasteiger partial charge >= 0.3 is 0 Å². The maximum Gasteiger partial charge on any atom is 0.176 e. The van der Waals surface area contributed by atoms with E-state index in [0.717, 1.165) is 18.1 Å². The van der Waals surface area contributed by atoms with Crippen LogP contribution in [0.25, 0.3) is 0 Å². The van der Waals surface area contributed by atoms with E-state index in [1.165, 1.54) is 12.8 Å². The van der Waals surface area contributed by atoms with Gasteiger partial charge in [-0.1, -0.05) is 24.9 Å². The molecular formula is C11H14ClN3. The zero-order chi connectivity index (χ0) is 10.7. The zero-order valence-electron chi connectivity index (χ0n) is 8.78. The first-order valence-electron chi connectivity index (χ1n) is 5.24. The number of aliphatic imine (C=N–C) groups is 1. The Balaban J connectivity index is 2.25. The van der Waals surface area contributed by atoms with Crippen LogP contribution in [0.15, 0.2) is 23.3 Å². The van der Waals surface area contributed by atoms with Gasteiger partial charge in [-0.15, -0.1) is 0 Å². The van der Waals surface area contributed by atoms with E-state index in [4.69, 9.17) is 11.6 Å². The summed E-state index contributed by atoms with van der Waals surface area (Å²) in [6.07, 6.45) is 4.09. The Bertz CT molecular complexity index is 376. The molecule has 0 spiro atoms. The molecule has 2 heterocycles. The van der Waals surface area contributed by atoms with Crippen LogP contribution in [0, 0.1) is 0 Å². The summed E-state index contributed by atoms with van der Waals surface area (Å²) >= 11 is 5.99. The maximum absolute atomic E-state index is 5.99. The van der Waals surface area contributed by atoms with Gasteiger partial charge in [0.25, 0.3) is 0 Å². The molecule has 0 amide bonds. The quantitative estimate of drug-likeness (QED) is 0.788. The topological polar surface area (TPSA) is 28.5 Å². The molecule has 1 aromatic rings. The number of pyridine rings is 1. The van der Waals surface area contributed by atoms with E-state index in [-0.39, 0.29) is 0 Å². The van der Waals surface area contributed by atoms with Crippen LogP contribution in [-0.4, -0.2) is 23.2 Å². The summed E-state index contributed by atoms with van der Waals surface area (Å²) in [6, 6.07) is 3.98. The number of rotatable bonds is 3. The predicted molar refractivity (Wildman–Crippen MR) is 64.3 cm³/mol. The van der Waals surface area contributed by atoms with Crippen LogP contribution in [0.2, 0.25) is 0 Å². The van der Waals surface area contributed by atoms with Crippen LogP contribution in [0.4, 0.5) is 11.5 Å². The van der Waals surface area contributed by atoms with Crippen LogP contribution < -0.4 is 4.90 Å². The summed E-state index contributed by atoms with van der Waals surface area (Å²) in [4.78, 5) is 10.7. The maximum atomic E-state index is 5.99. The van der Waals surface area contributed by atoms with Crippen molar-refractivity contribution >= 4 is 28.3 Å². The minimum atomic E-state index is 0.623. The average Bonchev–Trinajstić information content (AvgIpc) is 2.25. The molecular weight excluding hydrogens is 210 g/mol. The van der Waals surface area contributed by atoms with Crippen molar-refractivity contribution in [2.75, 3.05) is 18.0 Å². The monoisotopic (exact) mass is 223 g/mol. The van der Waals surface area contributed by atoms with Crippen molar-refractivity contribution in [2.45, 2.75) is 19.8 Å². The first-order chi connectivity index (χ1) is 7.31. The minimum Gasteiger partial charge on any atom is -0.362 e. The van der Waals surface area contributed by atoms with Gasteiger partial charge < -0.3 is 4.90 Å². The Labute approximate surface area is 94.8 Å². The Morgan fingerprint density at radius 3 is 3.20 bits per heavy atom. The van der Waals surface area contributed by atoms with Gasteiger partial charge in [0.15, 0.2) is 5.82 Å². The zero-order valence-corrected chi connectivity index (χ0v) is 9.54. The lowest BCUT2D eigenvalue weighted by Crippen LogP contribution is -2.31. The largest absolute Gasteiger partial charge is 0.362 e. The molecule has 0 aliphatic carbocycles. The molecule has 0 aromatic carbocycles. The minimum absolute atomic E-state index is 0.623. The molecule has 4 heteroatoms. The van der Waals surface area contributed by atoms with Crippen molar-refractivity contribution in [2.24, 2.45) is 4.99 Å². The van der Waals surface area contributed by atoms with Crippen molar-refractivity contribution in [3.8, 4) is 0 Å². The van der Waals surface area contributed by atoms with E-state index in [2.05, 4.69) is 21.8 Å². The van der Waals surface area contributed by atoms with Gasteiger partial charge in [0.2, 0.25) is 0 Å². The lowest BCUT2D eigenvalue weighted by molar-refractivity contribution is 0.749. The second-order valence-electron chi connectivity index (χ2n) is 3.61. The molecule has 0 radical (unpaired) electrons. The third-order valence-corrected chi connectivity index (χ3v) is 2.64. The van der Waals surface area contributed by atoms with Crippen LogP contribution in [0.1, 0.15) is 19.8 Å². The number of nitrogens with zero attached hydrogens (tertiary/aromatic N) is 3. The second-order valence-corrected chi connectivity index (χ2v) is 4.05. The fourth-order valence-corrected chi connectivity index (χ4v) is 1.89. The van der Waals surface area contributed by atoms with E-state index in [1.807, 2.05) is 12.1 Å². The molecule has 2 rings (SSSR count). The average molecular weight is 224 g/mol. The molecule has 80 valence electrons. The van der Waals surface area contributed by atoms with Gasteiger partial charge in [-0.25, -0.2) is 9.98 Å². The van der Waals surface area contributed by atoms with E-state index in [0.29, 0.717) is 11.7 Å². The highest BCUT2D eigenvalue weighted by atomic mass is 35.5. The number of halogens is 1. The molecule has 0 N–H and O–H groups in total. The fourth-order valence-electron chi connectivity index (χ4n) is 1.66. The molecule has 1 aliphatic rings. The number of fused-ring (bicyclic) bond motifs is 1. The molecule has 15 heavy (non-hydrogen) atoms. The summed E-state index contributed by atoms with van der Waals surface area (Å²) in [7, 11) is 0. The van der Waals surface area contributed by atoms with Gasteiger partial charge in [0.1, 0.15) is 5.17 Å². The molecule has 0 saturated carbocycles. The third-order valence-electron chi connectivity index (χ3n) is 2.44. The Kier molecular flexibility index (Phi) is 3.21. The number of anilines is 1. The van der Waals surface area contributed by atoms with Crippen molar-refractivity contribution < 1.29 is 0 Å². The van der Waals surface area contributed by atoms with Crippen molar-refractivity contribution in [3.63, 3.8) is 0 Å². The van der Waals surface area contributed by atoms with E-state index >= 15 is 0 Å². The van der Waals surface area contributed by atoms with Crippen LogP contribution in [0.5, 0.6) is 0 Å². The molecule has 1 aromatic heterocycles. The van der Waals surface area contributed by atoms with Crippen molar-refractivity contribution in [3.05, 3.63) is 18.3 Å². The molecule has 0 saturated heterocycles. The summed E-state index contributed by atoms with van der Waals surface area (Å²) in [6.45, 7) is 3.91. The van der Waals surface area contributed by atoms with Gasteiger partial charge in [-0.3, -0.25) is 0 Å². The summed E-state index contributed by atoms with van der Waals surface area (Å²) in [5, 5.41) is 0.623. The van der Waals surface area contributed by atoms with Crippen LogP contribution in [0.3, 0.4) is 0 Å². The van der Waals surface area contributed by atoms with Gasteiger partial charge in [-0.05, 0) is 18.6 Å². The molecule has 0 atom stereocenters. The number of aromatic nitrogens is 1. The highest BCUT2D eigenvalue weighted by molar-refractivity contribution is 6.66. The Hall–Kier alpha value is -1.09. The highest BCUT2D eigenvalue weighted by Crippen LogP contribution is 2.30. The van der Waals surface area contributed by atoms with Gasteiger partial charge in [0, 0.05) is 12.7 Å². The first-order valence-corrected chi connectivity index (χ1v) is 5.62. The lowest BCUT2D eigenvalue weighted by Gasteiger charge is -2.27. The van der Waals surface area contributed by atoms with Gasteiger partial charge in [-0.2, -0.15) is 0 Å². The van der Waals surface area contributed by atoms with Crippen molar-refractivity contribution in [1.29, 1.82) is 0 Å². The standard InChI is InChI=1S/C11H14ClN3/c1-2-3-7-15-8-10(12)14-11-9(15)5-4-6-13-11/h4-6H,2-3,7-8H2,1H3. The number of hydrogen-bond acceptors (Lipinski definition) is 3. The number of hydrogen-bond donors (Lipinski definition) is 0. The first kappa shape index (κ1) is 10.4. The summed E-state index contributed by atoms with van der Waals surface area (Å²) in [5.74, 6) is 0.741. The molecule has 0 unspecified atom stereocenters. The van der Waals surface area contributed by atoms with Gasteiger partial charge in [0.05, 0.1) is 12.2 Å². The molecule has 1 aliphatic heterocycles. The van der Waals surface area contributed by atoms with Crippen molar-refractivity contribution in [1.82, 2.24) is 4.98 Å². The van der Waals surface area contributed by atoms with E-state index < -0.39 is 0 Å². The van der Waals surface area contributed by atoms with Crippen LogP contribution in [-0.2, 0) is 0 Å². The fraction of sp³-hybridized carbons (Fsp3) is 0.455. The molecule has 3 nitrogen and oxygen atoms in total. The number of unbranched alkanes of at least 4 members (excludes halogenated alkanes) is 1.